The summed E-state index contributed by atoms with van der Waals surface area (Å²) in [4.78, 5) is 4.93. The molecule has 5 heteroatoms. The summed E-state index contributed by atoms with van der Waals surface area (Å²) in [6.07, 6.45) is -7.91. The van der Waals surface area contributed by atoms with Crippen molar-refractivity contribution in [3.63, 3.8) is 0 Å². The van der Waals surface area contributed by atoms with Crippen molar-refractivity contribution in [2.45, 2.75) is 299 Å². The third kappa shape index (κ3) is 22.3. The Balaban J connectivity index is 1.14. The minimum atomic E-state index is -2.07. The molecule has 0 fully saturated rings. The van der Waals surface area contributed by atoms with E-state index < -0.39 is 82.9 Å². The standard InChI is InChI=1S/C133H161BN4/c1-123(2,3)74-85-38-34-42-96(58-85)102-66-93(82-131(25,26)27)67-103(97-43-35-39-86(59-97)75-124(4,5)6)121(102)137-116-72-100(135-112-54-46-89(78-127(13,14)15)62-106(112)107-63-90(47-55-113(107)135)79-128(16,17)18)50-52-110(116)134-111-53-51-101(136-114-56-48-91(80-129(19,20)21)64-108(114)109-65-92(49-57-115(109)136)81-130(22,23)24)73-117(111)138(119-71-95(84-133(31,32)33)70-118(137)120(119)134)122-104(98-44-36-40-87(60-98)76-125(7,8)9)68-94(83-132(28,29)30)69-105(122)99-45-37-41-88(61-99)77-126(10,11)12/h34-73H,74-84H2,1-33H3/i74D2,75D2,76D2,77D2,82D2,83D2. The highest BCUT2D eigenvalue weighted by Gasteiger charge is 2.47. The molecule has 0 spiro atoms. The van der Waals surface area contributed by atoms with Crippen molar-refractivity contribution >= 4 is 101 Å². The molecule has 13 aromatic carbocycles. The largest absolute Gasteiger partial charge is 0.310 e. The molecule has 0 N–H and O–H groups in total. The van der Waals surface area contributed by atoms with E-state index in [9.17, 15) is 16.4 Å². The zero-order valence-electron chi connectivity index (χ0n) is 101. The maximum atomic E-state index is 10.8. The first kappa shape index (κ1) is 84.0. The molecule has 2 aliphatic heterocycles. The van der Waals surface area contributed by atoms with Crippen LogP contribution < -0.4 is 26.2 Å². The van der Waals surface area contributed by atoms with Gasteiger partial charge in [-0.05, 0) is 339 Å². The first-order valence-electron chi connectivity index (χ1n) is 56.8. The van der Waals surface area contributed by atoms with Crippen molar-refractivity contribution in [3.05, 3.63) is 304 Å². The quantitative estimate of drug-likeness (QED) is 0.0750. The lowest BCUT2D eigenvalue weighted by atomic mass is 9.33. The minimum absolute atomic E-state index is 0.0287. The topological polar surface area (TPSA) is 16.3 Å². The molecule has 716 valence electrons. The molecular weight excluding hydrogens is 1660 g/mol. The van der Waals surface area contributed by atoms with Crippen molar-refractivity contribution in [3.8, 4) is 55.9 Å². The highest BCUT2D eigenvalue weighted by molar-refractivity contribution is 7.00. The Labute approximate surface area is 849 Å². The van der Waals surface area contributed by atoms with Gasteiger partial charge in [0.05, 0.1) is 33.4 Å². The van der Waals surface area contributed by atoms with E-state index in [1.165, 1.54) is 22.3 Å². The fourth-order valence-electron chi connectivity index (χ4n) is 21.6. The van der Waals surface area contributed by atoms with Crippen LogP contribution in [0, 0.1) is 59.6 Å². The van der Waals surface area contributed by atoms with Crippen LogP contribution in [0.15, 0.2) is 243 Å². The second-order valence-electron chi connectivity index (χ2n) is 52.8. The van der Waals surface area contributed by atoms with Crippen LogP contribution in [0.25, 0.3) is 99.5 Å². The highest BCUT2D eigenvalue weighted by atomic mass is 15.2. The van der Waals surface area contributed by atoms with E-state index in [-0.39, 0.29) is 21.7 Å². The van der Waals surface area contributed by atoms with E-state index in [2.05, 4.69) is 244 Å². The van der Waals surface area contributed by atoms with Crippen LogP contribution in [-0.2, 0) is 70.3 Å². The van der Waals surface area contributed by atoms with Gasteiger partial charge >= 0.3 is 0 Å². The number of hydrogen-bond acceptors (Lipinski definition) is 2. The Bertz CT molecular complexity index is 7050. The summed E-state index contributed by atoms with van der Waals surface area (Å²) in [5.74, 6) is 0. The van der Waals surface area contributed by atoms with E-state index >= 15 is 0 Å². The summed E-state index contributed by atoms with van der Waals surface area (Å²) in [6.45, 7) is 68.6. The second kappa shape index (κ2) is 35.7. The SMILES string of the molecule is [2H]C([2H])(c1cccc(-c2cc(C([2H])([2H])C(C)(C)C)cc(-c3cccc(C([2H])([2H])C(C)(C)C)c3)c2N2c3cc(-n4c5ccc(CC(C)(C)C)cc5c5cc(CC(C)(C)C)ccc54)ccc3B3c4ccc(-n5c6ccc(CC(C)(C)C)cc6c6cc(CC(C)(C)C)ccc65)cc4N(c4c(-c5cccc(C([2H])([2H])C(C)(C)C)c5)cc(C([2H])([2H])C(C)(C)C)cc4-c4cccc(C([2H])([2H])C(C)(C)C)c4)c4cc(CC(C)(C)C)cc2c43)c1)C(C)(C)C. The van der Waals surface area contributed by atoms with Gasteiger partial charge in [-0.25, -0.2) is 0 Å². The third-order valence-electron chi connectivity index (χ3n) is 25.6. The second-order valence-corrected chi connectivity index (χ2v) is 52.8. The Hall–Kier alpha value is -10.9. The summed E-state index contributed by atoms with van der Waals surface area (Å²) in [6, 6.07) is 86.6. The molecule has 0 unspecified atom stereocenters. The molecule has 0 radical (unpaired) electrons. The lowest BCUT2D eigenvalue weighted by Crippen LogP contribution is -2.61. The Kier molecular flexibility index (Phi) is 21.8. The van der Waals surface area contributed by atoms with Crippen LogP contribution in [-0.4, -0.2) is 15.8 Å². The van der Waals surface area contributed by atoms with E-state index in [1.54, 1.807) is 0 Å². The van der Waals surface area contributed by atoms with Gasteiger partial charge in [-0.15, -0.1) is 0 Å². The number of nitrogens with zero attached hydrogens (tertiary/aromatic N) is 4. The normalized spacial score (nSPS) is 15.7. The number of rotatable bonds is 19. The number of aromatic nitrogens is 2. The van der Waals surface area contributed by atoms with Gasteiger partial charge in [0, 0.05) is 94.4 Å². The van der Waals surface area contributed by atoms with Crippen molar-refractivity contribution in [1.82, 2.24) is 9.13 Å². The Morgan fingerprint density at radius 1 is 0.210 bits per heavy atom. The highest BCUT2D eigenvalue weighted by Crippen LogP contribution is 2.57. The molecule has 17 rings (SSSR count). The van der Waals surface area contributed by atoms with Crippen molar-refractivity contribution in [2.75, 3.05) is 9.80 Å². The first-order chi connectivity index (χ1) is 68.8. The Morgan fingerprint density at radius 2 is 0.449 bits per heavy atom. The van der Waals surface area contributed by atoms with Crippen molar-refractivity contribution in [1.29, 1.82) is 0 Å². The molecule has 0 bridgehead atoms. The molecule has 138 heavy (non-hydrogen) atoms. The first-order valence-corrected chi connectivity index (χ1v) is 50.8. The van der Waals surface area contributed by atoms with Crippen LogP contribution in [0.1, 0.15) is 306 Å². The zero-order valence-corrected chi connectivity index (χ0v) is 89.5. The molecule has 0 saturated heterocycles. The Morgan fingerprint density at radius 3 is 0.688 bits per heavy atom. The van der Waals surface area contributed by atoms with Gasteiger partial charge in [-0.2, -0.15) is 0 Å². The average Bonchev–Trinajstić information content (AvgIpc) is 0.965. The van der Waals surface area contributed by atoms with Gasteiger partial charge in [0.15, 0.2) is 0 Å². The molecule has 15 aromatic rings. The average molecular weight is 1840 g/mol. The van der Waals surface area contributed by atoms with Crippen LogP contribution in [0.4, 0.5) is 34.1 Å². The monoisotopic (exact) mass is 1840 g/mol. The van der Waals surface area contributed by atoms with E-state index in [0.717, 1.165) is 125 Å². The van der Waals surface area contributed by atoms with Crippen molar-refractivity contribution in [2.24, 2.45) is 59.6 Å². The molecule has 2 aliphatic rings. The van der Waals surface area contributed by atoms with Gasteiger partial charge in [0.25, 0.3) is 6.71 Å². The minimum Gasteiger partial charge on any atom is -0.310 e. The van der Waals surface area contributed by atoms with E-state index in [1.807, 2.05) is 246 Å². The fraction of sp³-hybridized carbons (Fsp3) is 0.414. The lowest BCUT2D eigenvalue weighted by Gasteiger charge is -2.46. The molecule has 2 aromatic heterocycles. The van der Waals surface area contributed by atoms with Crippen LogP contribution in [0.2, 0.25) is 0 Å². The van der Waals surface area contributed by atoms with Crippen LogP contribution in [0.3, 0.4) is 0 Å². The summed E-state index contributed by atoms with van der Waals surface area (Å²) in [5.41, 5.74) is 20.1. The molecule has 0 atom stereocenters. The maximum absolute atomic E-state index is 10.8. The third-order valence-corrected chi connectivity index (χ3v) is 25.6. The van der Waals surface area contributed by atoms with Gasteiger partial charge in [0.1, 0.15) is 0 Å². The molecule has 0 aliphatic carbocycles. The molecule has 4 nitrogen and oxygen atoms in total. The number of hydrogen-bond donors (Lipinski definition) is 0. The summed E-state index contributed by atoms with van der Waals surface area (Å²) >= 11 is 0. The lowest BCUT2D eigenvalue weighted by molar-refractivity contribution is 0.410. The van der Waals surface area contributed by atoms with Gasteiger partial charge in [-0.1, -0.05) is 362 Å². The van der Waals surface area contributed by atoms with Gasteiger partial charge in [0.2, 0.25) is 0 Å². The maximum Gasteiger partial charge on any atom is 0.252 e. The van der Waals surface area contributed by atoms with Gasteiger partial charge < -0.3 is 18.9 Å². The molecule has 0 amide bonds. The van der Waals surface area contributed by atoms with Crippen molar-refractivity contribution < 1.29 is 16.4 Å². The zero-order chi connectivity index (χ0) is 110. The number of anilines is 6. The molecular formula is C133H161BN4. The van der Waals surface area contributed by atoms with E-state index in [4.69, 9.17) is 0 Å². The van der Waals surface area contributed by atoms with Gasteiger partial charge in [-0.3, -0.25) is 0 Å². The number of fused-ring (bicyclic) bond motifs is 10. The predicted octanol–water partition coefficient (Wildman–Crippen LogP) is 36.1. The van der Waals surface area contributed by atoms with Crippen LogP contribution in [0.5, 0.6) is 0 Å². The summed E-state index contributed by atoms with van der Waals surface area (Å²) in [7, 11) is 0. The summed E-state index contributed by atoms with van der Waals surface area (Å²) in [5, 5.41) is 4.53. The molecule has 4 heterocycles. The summed E-state index contributed by atoms with van der Waals surface area (Å²) < 4.78 is 131. The number of benzene rings is 13. The van der Waals surface area contributed by atoms with Crippen LogP contribution >= 0.6 is 0 Å². The van der Waals surface area contributed by atoms with E-state index in [0.29, 0.717) is 95.7 Å². The fourth-order valence-corrected chi connectivity index (χ4v) is 21.6. The molecule has 0 saturated carbocycles. The smallest absolute Gasteiger partial charge is 0.252 e. The predicted molar refractivity (Wildman–Crippen MR) is 606 cm³/mol.